The maximum atomic E-state index is 12.7. The second kappa shape index (κ2) is 9.80. The van der Waals surface area contributed by atoms with Gasteiger partial charge < -0.3 is 29.3 Å². The van der Waals surface area contributed by atoms with Crippen molar-refractivity contribution in [3.8, 4) is 11.5 Å². The Labute approximate surface area is 161 Å². The number of rotatable bonds is 6. The zero-order chi connectivity index (χ0) is 19.1. The summed E-state index contributed by atoms with van der Waals surface area (Å²) in [6.07, 6.45) is 3.49. The van der Waals surface area contributed by atoms with E-state index in [1.165, 1.54) is 12.8 Å². The van der Waals surface area contributed by atoms with Gasteiger partial charge in [0.2, 0.25) is 0 Å². The van der Waals surface area contributed by atoms with Crippen molar-refractivity contribution < 1.29 is 19.0 Å². The van der Waals surface area contributed by atoms with Crippen LogP contribution in [-0.2, 0) is 11.3 Å². The van der Waals surface area contributed by atoms with Crippen molar-refractivity contribution in [2.75, 3.05) is 53.6 Å². The number of carbonyl (C=O) groups is 1. The Kier molecular flexibility index (Phi) is 7.18. The van der Waals surface area contributed by atoms with Crippen LogP contribution in [0.3, 0.4) is 0 Å². The van der Waals surface area contributed by atoms with Crippen LogP contribution in [0.4, 0.5) is 4.79 Å². The molecular formula is C20H31N3O4. The second-order valence-electron chi connectivity index (χ2n) is 7.18. The highest BCUT2D eigenvalue weighted by Gasteiger charge is 2.25. The fourth-order valence-electron chi connectivity index (χ4n) is 3.70. The van der Waals surface area contributed by atoms with Gasteiger partial charge in [-0.05, 0) is 50.0 Å². The van der Waals surface area contributed by atoms with E-state index in [0.717, 1.165) is 44.8 Å². The van der Waals surface area contributed by atoms with Gasteiger partial charge in [0.15, 0.2) is 0 Å². The van der Waals surface area contributed by atoms with Crippen LogP contribution in [0.15, 0.2) is 18.2 Å². The molecule has 0 bridgehead atoms. The average molecular weight is 377 g/mol. The van der Waals surface area contributed by atoms with Gasteiger partial charge in [0.1, 0.15) is 11.5 Å². The van der Waals surface area contributed by atoms with Crippen LogP contribution in [0.2, 0.25) is 0 Å². The quantitative estimate of drug-likeness (QED) is 0.823. The number of likely N-dealkylation sites (tertiary alicyclic amines) is 1. The molecule has 150 valence electrons. The van der Waals surface area contributed by atoms with Gasteiger partial charge in [-0.3, -0.25) is 0 Å². The van der Waals surface area contributed by atoms with E-state index in [2.05, 4.69) is 10.2 Å². The van der Waals surface area contributed by atoms with Crippen LogP contribution in [-0.4, -0.2) is 75.5 Å². The molecule has 2 aliphatic rings. The maximum absolute atomic E-state index is 12.7. The molecule has 0 radical (unpaired) electrons. The van der Waals surface area contributed by atoms with Crippen LogP contribution >= 0.6 is 0 Å². The summed E-state index contributed by atoms with van der Waals surface area (Å²) in [4.78, 5) is 17.0. The predicted octanol–water partition coefficient (Wildman–Crippen LogP) is 2.10. The molecular weight excluding hydrogens is 346 g/mol. The van der Waals surface area contributed by atoms with Crippen LogP contribution in [0.25, 0.3) is 0 Å². The van der Waals surface area contributed by atoms with Crippen LogP contribution in [0.1, 0.15) is 24.8 Å². The number of hydrogen-bond acceptors (Lipinski definition) is 5. The van der Waals surface area contributed by atoms with Crippen LogP contribution < -0.4 is 14.8 Å². The summed E-state index contributed by atoms with van der Waals surface area (Å²) in [6.45, 7) is 5.72. The molecule has 1 N–H and O–H groups in total. The van der Waals surface area contributed by atoms with E-state index in [0.29, 0.717) is 24.6 Å². The average Bonchev–Trinajstić information content (AvgIpc) is 3.09. The lowest BCUT2D eigenvalue weighted by Gasteiger charge is -2.27. The molecule has 2 heterocycles. The van der Waals surface area contributed by atoms with Gasteiger partial charge in [-0.25, -0.2) is 4.79 Å². The maximum Gasteiger partial charge on any atom is 0.317 e. The molecule has 0 spiro atoms. The third kappa shape index (κ3) is 5.74. The lowest BCUT2D eigenvalue weighted by atomic mass is 10.2. The summed E-state index contributed by atoms with van der Waals surface area (Å²) < 4.78 is 16.6. The minimum Gasteiger partial charge on any atom is -0.497 e. The second-order valence-corrected chi connectivity index (χ2v) is 7.18. The van der Waals surface area contributed by atoms with Crippen LogP contribution in [0, 0.1) is 0 Å². The molecule has 1 unspecified atom stereocenters. The first-order chi connectivity index (χ1) is 13.2. The summed E-state index contributed by atoms with van der Waals surface area (Å²) in [7, 11) is 3.24. The van der Waals surface area contributed by atoms with Crippen molar-refractivity contribution in [1.29, 1.82) is 0 Å². The van der Waals surface area contributed by atoms with Gasteiger partial charge in [0, 0.05) is 38.9 Å². The molecule has 0 saturated carbocycles. The molecule has 7 nitrogen and oxygen atoms in total. The van der Waals surface area contributed by atoms with Gasteiger partial charge >= 0.3 is 6.03 Å². The number of hydrogen-bond donors (Lipinski definition) is 1. The highest BCUT2D eigenvalue weighted by Crippen LogP contribution is 2.22. The first kappa shape index (κ1) is 19.8. The number of benzene rings is 1. The monoisotopic (exact) mass is 377 g/mol. The molecule has 27 heavy (non-hydrogen) atoms. The summed E-state index contributed by atoms with van der Waals surface area (Å²) in [6, 6.07) is 5.59. The van der Waals surface area contributed by atoms with Gasteiger partial charge in [-0.1, -0.05) is 0 Å². The molecule has 1 atom stereocenters. The van der Waals surface area contributed by atoms with E-state index in [4.69, 9.17) is 14.2 Å². The molecule has 2 amide bonds. The third-order valence-corrected chi connectivity index (χ3v) is 5.15. The molecule has 1 aromatic rings. The van der Waals surface area contributed by atoms with Crippen molar-refractivity contribution in [2.45, 2.75) is 31.9 Å². The Balaban J connectivity index is 1.54. The molecule has 2 saturated heterocycles. The molecule has 3 rings (SSSR count). The normalized spacial score (nSPS) is 21.0. The lowest BCUT2D eigenvalue weighted by molar-refractivity contribution is 0.0349. The van der Waals surface area contributed by atoms with E-state index in [9.17, 15) is 4.79 Å². The smallest absolute Gasteiger partial charge is 0.317 e. The lowest BCUT2D eigenvalue weighted by Crippen LogP contribution is -2.45. The molecule has 2 fully saturated rings. The van der Waals surface area contributed by atoms with Crippen LogP contribution in [0.5, 0.6) is 11.5 Å². The van der Waals surface area contributed by atoms with Crippen molar-refractivity contribution in [1.82, 2.24) is 15.1 Å². The zero-order valence-corrected chi connectivity index (χ0v) is 16.4. The van der Waals surface area contributed by atoms with Crippen molar-refractivity contribution in [3.63, 3.8) is 0 Å². The van der Waals surface area contributed by atoms with Crippen molar-refractivity contribution >= 4 is 6.03 Å². The predicted molar refractivity (Wildman–Crippen MR) is 103 cm³/mol. The summed E-state index contributed by atoms with van der Waals surface area (Å²) >= 11 is 0. The standard InChI is InChI=1S/C20H31N3O4/c1-25-17-10-16(11-18(12-17)26-2)13-21-20(24)23-8-5-9-27-19(15-23)14-22-6-3-4-7-22/h10-12,19H,3-9,13-15H2,1-2H3,(H,21,24). The topological polar surface area (TPSA) is 63.3 Å². The summed E-state index contributed by atoms with van der Waals surface area (Å²) in [5.41, 5.74) is 0.944. The highest BCUT2D eigenvalue weighted by atomic mass is 16.5. The Morgan fingerprint density at radius 3 is 2.48 bits per heavy atom. The number of ether oxygens (including phenoxy) is 3. The Bertz CT molecular complexity index is 597. The minimum absolute atomic E-state index is 0.0475. The number of methoxy groups -OCH3 is 2. The molecule has 2 aliphatic heterocycles. The zero-order valence-electron chi connectivity index (χ0n) is 16.4. The van der Waals surface area contributed by atoms with Gasteiger partial charge in [0.05, 0.1) is 20.3 Å². The molecule has 0 aliphatic carbocycles. The summed E-state index contributed by atoms with van der Waals surface area (Å²) in [5, 5.41) is 3.02. The molecule has 1 aromatic carbocycles. The van der Waals surface area contributed by atoms with E-state index in [-0.39, 0.29) is 12.1 Å². The Morgan fingerprint density at radius 2 is 1.81 bits per heavy atom. The molecule has 0 aromatic heterocycles. The Hall–Kier alpha value is -1.99. The fraction of sp³-hybridized carbons (Fsp3) is 0.650. The molecule has 7 heteroatoms. The van der Waals surface area contributed by atoms with Crippen molar-refractivity contribution in [2.24, 2.45) is 0 Å². The van der Waals surface area contributed by atoms with Gasteiger partial charge in [-0.2, -0.15) is 0 Å². The largest absolute Gasteiger partial charge is 0.497 e. The minimum atomic E-state index is -0.0475. The van der Waals surface area contributed by atoms with E-state index in [1.54, 1.807) is 14.2 Å². The number of carbonyl (C=O) groups excluding carboxylic acids is 1. The third-order valence-electron chi connectivity index (χ3n) is 5.15. The Morgan fingerprint density at radius 1 is 1.11 bits per heavy atom. The van der Waals surface area contributed by atoms with E-state index >= 15 is 0 Å². The van der Waals surface area contributed by atoms with Crippen molar-refractivity contribution in [3.05, 3.63) is 23.8 Å². The fourth-order valence-corrected chi connectivity index (χ4v) is 3.70. The number of amides is 2. The first-order valence-corrected chi connectivity index (χ1v) is 9.76. The number of urea groups is 1. The van der Waals surface area contributed by atoms with E-state index < -0.39 is 0 Å². The SMILES string of the molecule is COc1cc(CNC(=O)N2CCCOC(CN3CCCC3)C2)cc(OC)c1. The van der Waals surface area contributed by atoms with Gasteiger partial charge in [-0.15, -0.1) is 0 Å². The van der Waals surface area contributed by atoms with E-state index in [1.807, 2.05) is 23.1 Å². The summed E-state index contributed by atoms with van der Waals surface area (Å²) in [5.74, 6) is 1.43. The first-order valence-electron chi connectivity index (χ1n) is 9.76. The number of nitrogens with one attached hydrogen (secondary N) is 1. The highest BCUT2D eigenvalue weighted by molar-refractivity contribution is 5.74. The number of nitrogens with zero attached hydrogens (tertiary/aromatic N) is 2. The van der Waals surface area contributed by atoms with Gasteiger partial charge in [0.25, 0.3) is 0 Å².